The molecule has 0 bridgehead atoms. The van der Waals surface area contributed by atoms with Crippen molar-refractivity contribution in [3.05, 3.63) is 218 Å². The van der Waals surface area contributed by atoms with E-state index in [0.717, 1.165) is 0 Å². The van der Waals surface area contributed by atoms with Gasteiger partial charge in [0.05, 0.1) is 0 Å². The minimum absolute atomic E-state index is 1.23. The SMILES string of the molecule is c1ccc(-c2ccc(-c3ccc4c(ccc5cc(-c6ccc7c(ccc8cc(-c9ccc(-c%10cccc%11ccccc%10%11)cc9)ccc87)c6)ccc54)c3)cc2)cc1. The van der Waals surface area contributed by atoms with Gasteiger partial charge in [0, 0.05) is 0 Å². The number of benzene rings is 11. The second-order valence-electron chi connectivity index (χ2n) is 14.9. The summed E-state index contributed by atoms with van der Waals surface area (Å²) < 4.78 is 0. The molecule has 0 nitrogen and oxygen atoms in total. The maximum atomic E-state index is 2.34. The van der Waals surface area contributed by atoms with Gasteiger partial charge in [0.2, 0.25) is 0 Å². The summed E-state index contributed by atoms with van der Waals surface area (Å²) in [5.74, 6) is 0. The van der Waals surface area contributed by atoms with E-state index in [0.29, 0.717) is 0 Å². The molecule has 0 unspecified atom stereocenters. The molecule has 0 heteroatoms. The predicted octanol–water partition coefficient (Wildman–Crippen LogP) is 15.8. The minimum Gasteiger partial charge on any atom is -0.0622 e. The van der Waals surface area contributed by atoms with E-state index in [2.05, 4.69) is 218 Å². The second kappa shape index (κ2) is 13.2. The molecule has 0 fully saturated rings. The van der Waals surface area contributed by atoms with E-state index in [4.69, 9.17) is 0 Å². The van der Waals surface area contributed by atoms with Crippen LogP contribution in [-0.2, 0) is 0 Å². The maximum Gasteiger partial charge on any atom is -0.0105 e. The summed E-state index contributed by atoms with van der Waals surface area (Å²) in [6.07, 6.45) is 0. The van der Waals surface area contributed by atoms with Crippen LogP contribution in [0.1, 0.15) is 0 Å². The first-order chi connectivity index (χ1) is 27.7. The summed E-state index contributed by atoms with van der Waals surface area (Å²) in [5.41, 5.74) is 12.4. The van der Waals surface area contributed by atoms with E-state index < -0.39 is 0 Å². The van der Waals surface area contributed by atoms with Gasteiger partial charge >= 0.3 is 0 Å². The lowest BCUT2D eigenvalue weighted by Crippen LogP contribution is -1.85. The fourth-order valence-electron chi connectivity index (χ4n) is 8.67. The van der Waals surface area contributed by atoms with Crippen LogP contribution in [0.4, 0.5) is 0 Å². The fraction of sp³-hybridized carbons (Fsp3) is 0. The van der Waals surface area contributed by atoms with Crippen LogP contribution >= 0.6 is 0 Å². The van der Waals surface area contributed by atoms with Gasteiger partial charge in [-0.15, -0.1) is 0 Å². The Balaban J connectivity index is 0.866. The fourth-order valence-corrected chi connectivity index (χ4v) is 8.67. The molecule has 11 rings (SSSR count). The molecule has 0 N–H and O–H groups in total. The summed E-state index contributed by atoms with van der Waals surface area (Å²) in [6, 6.07) is 80.3. The van der Waals surface area contributed by atoms with Crippen LogP contribution in [0.2, 0.25) is 0 Å². The smallest absolute Gasteiger partial charge is 0.0105 e. The third-order valence-corrected chi connectivity index (χ3v) is 11.6. The molecule has 260 valence electrons. The van der Waals surface area contributed by atoms with E-state index in [1.54, 1.807) is 0 Å². The van der Waals surface area contributed by atoms with Crippen molar-refractivity contribution in [1.82, 2.24) is 0 Å². The van der Waals surface area contributed by atoms with Crippen molar-refractivity contribution >= 4 is 53.9 Å². The summed E-state index contributed by atoms with van der Waals surface area (Å²) in [5, 5.41) is 12.7. The van der Waals surface area contributed by atoms with E-state index >= 15 is 0 Å². The van der Waals surface area contributed by atoms with Crippen molar-refractivity contribution in [2.24, 2.45) is 0 Å². The molecular formula is C56H36. The molecule has 0 aliphatic heterocycles. The molecule has 0 heterocycles. The van der Waals surface area contributed by atoms with E-state index in [9.17, 15) is 0 Å². The van der Waals surface area contributed by atoms with Crippen LogP contribution in [0.3, 0.4) is 0 Å². The zero-order valence-electron chi connectivity index (χ0n) is 30.8. The molecule has 0 radical (unpaired) electrons. The van der Waals surface area contributed by atoms with Gasteiger partial charge < -0.3 is 0 Å². The largest absolute Gasteiger partial charge is 0.0622 e. The van der Waals surface area contributed by atoms with Crippen LogP contribution in [0.5, 0.6) is 0 Å². The first-order valence-electron chi connectivity index (χ1n) is 19.4. The predicted molar refractivity (Wildman–Crippen MR) is 241 cm³/mol. The molecule has 0 aliphatic rings. The van der Waals surface area contributed by atoms with Crippen molar-refractivity contribution in [2.75, 3.05) is 0 Å². The lowest BCUT2D eigenvalue weighted by molar-refractivity contribution is 1.60. The normalized spacial score (nSPS) is 11.6. The molecule has 11 aromatic rings. The van der Waals surface area contributed by atoms with Gasteiger partial charge in [0.15, 0.2) is 0 Å². The van der Waals surface area contributed by atoms with Crippen LogP contribution in [-0.4, -0.2) is 0 Å². The lowest BCUT2D eigenvalue weighted by atomic mass is 9.93. The van der Waals surface area contributed by atoms with Crippen molar-refractivity contribution < 1.29 is 0 Å². The summed E-state index contributed by atoms with van der Waals surface area (Å²) in [4.78, 5) is 0. The third kappa shape index (κ3) is 5.63. The summed E-state index contributed by atoms with van der Waals surface area (Å²) >= 11 is 0. The monoisotopic (exact) mass is 708 g/mol. The Bertz CT molecular complexity index is 3260. The highest BCUT2D eigenvalue weighted by Gasteiger charge is 2.10. The Morgan fingerprint density at radius 2 is 0.500 bits per heavy atom. The van der Waals surface area contributed by atoms with Gasteiger partial charge in [0.25, 0.3) is 0 Å². The standard InChI is InChI=1S/C56H36/c1-2-7-37(8-3-1)38-13-15-39(16-14-38)43-25-29-53-47(33-43)21-23-49-35-45(27-31-55(49)53)46-28-32-56-50(36-46)24-22-48-34-44(26-30-54(48)56)40-17-19-42(20-18-40)52-12-6-10-41-9-4-5-11-51(41)52/h1-36H. The van der Waals surface area contributed by atoms with Crippen LogP contribution < -0.4 is 0 Å². The Labute approximate surface area is 326 Å². The van der Waals surface area contributed by atoms with E-state index in [-0.39, 0.29) is 0 Å². The summed E-state index contributed by atoms with van der Waals surface area (Å²) in [6.45, 7) is 0. The molecule has 0 atom stereocenters. The topological polar surface area (TPSA) is 0 Å². The van der Waals surface area contributed by atoms with Gasteiger partial charge in [0.1, 0.15) is 0 Å². The Morgan fingerprint density at radius 1 is 0.161 bits per heavy atom. The van der Waals surface area contributed by atoms with Crippen LogP contribution in [0, 0.1) is 0 Å². The molecule has 0 spiro atoms. The second-order valence-corrected chi connectivity index (χ2v) is 14.9. The Hall–Kier alpha value is -7.28. The molecule has 0 amide bonds. The molecule has 56 heavy (non-hydrogen) atoms. The molecule has 11 aromatic carbocycles. The third-order valence-electron chi connectivity index (χ3n) is 11.6. The summed E-state index contributed by atoms with van der Waals surface area (Å²) in [7, 11) is 0. The molecule has 0 saturated heterocycles. The molecular weight excluding hydrogens is 673 g/mol. The van der Waals surface area contributed by atoms with Gasteiger partial charge in [-0.2, -0.15) is 0 Å². The van der Waals surface area contributed by atoms with E-state index in [1.165, 1.54) is 109 Å². The number of rotatable bonds is 5. The maximum absolute atomic E-state index is 2.34. The van der Waals surface area contributed by atoms with Gasteiger partial charge in [-0.25, -0.2) is 0 Å². The highest BCUT2D eigenvalue weighted by atomic mass is 14.1. The minimum atomic E-state index is 1.23. The molecule has 0 aromatic heterocycles. The van der Waals surface area contributed by atoms with Crippen LogP contribution in [0.15, 0.2) is 218 Å². The van der Waals surface area contributed by atoms with E-state index in [1.807, 2.05) is 0 Å². The Kier molecular flexibility index (Phi) is 7.60. The van der Waals surface area contributed by atoms with Crippen molar-refractivity contribution in [1.29, 1.82) is 0 Å². The van der Waals surface area contributed by atoms with Crippen LogP contribution in [0.25, 0.3) is 109 Å². The van der Waals surface area contributed by atoms with Crippen molar-refractivity contribution in [2.45, 2.75) is 0 Å². The first-order valence-corrected chi connectivity index (χ1v) is 19.4. The number of hydrogen-bond donors (Lipinski definition) is 0. The quantitative estimate of drug-likeness (QED) is 0.156. The molecule has 0 saturated carbocycles. The first kappa shape index (κ1) is 32.2. The zero-order valence-corrected chi connectivity index (χ0v) is 30.8. The Morgan fingerprint density at radius 3 is 0.982 bits per heavy atom. The molecule has 0 aliphatic carbocycles. The van der Waals surface area contributed by atoms with Gasteiger partial charge in [-0.3, -0.25) is 0 Å². The number of fused-ring (bicyclic) bond motifs is 7. The highest BCUT2D eigenvalue weighted by Crippen LogP contribution is 2.37. The van der Waals surface area contributed by atoms with Gasteiger partial charge in [-0.1, -0.05) is 194 Å². The average Bonchev–Trinajstić information content (AvgIpc) is 3.28. The average molecular weight is 709 g/mol. The van der Waals surface area contributed by atoms with Crippen molar-refractivity contribution in [3.63, 3.8) is 0 Å². The number of hydrogen-bond acceptors (Lipinski definition) is 0. The zero-order chi connectivity index (χ0) is 37.0. The van der Waals surface area contributed by atoms with Crippen molar-refractivity contribution in [3.8, 4) is 55.6 Å². The lowest BCUT2D eigenvalue weighted by Gasteiger charge is -2.12. The highest BCUT2D eigenvalue weighted by molar-refractivity contribution is 6.11. The van der Waals surface area contributed by atoms with Gasteiger partial charge in [-0.05, 0) is 134 Å².